The Labute approximate surface area is 176 Å². The molecule has 146 valence electrons. The summed E-state index contributed by atoms with van der Waals surface area (Å²) in [4.78, 5) is 32.0. The highest BCUT2D eigenvalue weighted by molar-refractivity contribution is 7.98. The lowest BCUT2D eigenvalue weighted by Crippen LogP contribution is -2.49. The van der Waals surface area contributed by atoms with Crippen molar-refractivity contribution in [2.75, 3.05) is 37.3 Å². The highest BCUT2D eigenvalue weighted by Crippen LogP contribution is 2.34. The van der Waals surface area contributed by atoms with Crippen LogP contribution in [0.25, 0.3) is 21.3 Å². The predicted molar refractivity (Wildman–Crippen MR) is 119 cm³/mol. The van der Waals surface area contributed by atoms with E-state index in [1.807, 2.05) is 29.2 Å². The minimum absolute atomic E-state index is 0.0585. The second-order valence-electron chi connectivity index (χ2n) is 6.83. The molecule has 6 nitrogen and oxygen atoms in total. The molecule has 5 rings (SSSR count). The van der Waals surface area contributed by atoms with Gasteiger partial charge >= 0.3 is 0 Å². The third kappa shape index (κ3) is 3.42. The molecule has 2 aromatic heterocycles. The molecule has 29 heavy (non-hydrogen) atoms. The molecule has 0 saturated carbocycles. The lowest BCUT2D eigenvalue weighted by atomic mass is 10.2. The van der Waals surface area contributed by atoms with E-state index in [1.54, 1.807) is 29.3 Å². The van der Waals surface area contributed by atoms with Gasteiger partial charge in [-0.1, -0.05) is 29.5 Å². The summed E-state index contributed by atoms with van der Waals surface area (Å²) in [6.07, 6.45) is 3.66. The molecule has 1 aliphatic heterocycles. The molecule has 0 N–H and O–H groups in total. The second-order valence-corrected chi connectivity index (χ2v) is 8.68. The smallest absolute Gasteiger partial charge is 0.274 e. The van der Waals surface area contributed by atoms with E-state index in [4.69, 9.17) is 4.98 Å². The largest absolute Gasteiger partial charge is 0.345 e. The quantitative estimate of drug-likeness (QED) is 0.467. The van der Waals surface area contributed by atoms with Crippen LogP contribution in [0.5, 0.6) is 0 Å². The van der Waals surface area contributed by atoms with Crippen LogP contribution in [0.15, 0.2) is 53.6 Å². The fourth-order valence-electron chi connectivity index (χ4n) is 3.53. The maximum Gasteiger partial charge on any atom is 0.274 e. The van der Waals surface area contributed by atoms with Crippen molar-refractivity contribution in [3.05, 3.63) is 54.4 Å². The zero-order valence-corrected chi connectivity index (χ0v) is 17.5. The predicted octanol–water partition coefficient (Wildman–Crippen LogP) is 3.92. The fraction of sp³-hybridized carbons (Fsp3) is 0.238. The number of fused-ring (bicyclic) bond motifs is 2. The number of aromatic nitrogens is 3. The Hall–Kier alpha value is -2.71. The first-order valence-electron chi connectivity index (χ1n) is 9.42. The fourth-order valence-corrected chi connectivity index (χ4v) is 5.21. The van der Waals surface area contributed by atoms with Crippen LogP contribution in [0.4, 0.5) is 5.13 Å². The monoisotopic (exact) mass is 421 g/mol. The van der Waals surface area contributed by atoms with Gasteiger partial charge in [0.05, 0.1) is 27.4 Å². The third-order valence-electron chi connectivity index (χ3n) is 5.10. The van der Waals surface area contributed by atoms with Gasteiger partial charge in [0.1, 0.15) is 5.69 Å². The zero-order chi connectivity index (χ0) is 19.8. The number of nitrogens with zero attached hydrogens (tertiary/aromatic N) is 5. The van der Waals surface area contributed by atoms with Crippen LogP contribution < -0.4 is 4.90 Å². The normalized spacial score (nSPS) is 14.7. The Kier molecular flexibility index (Phi) is 4.81. The number of carbonyl (C=O) groups excluding carboxylic acids is 1. The Morgan fingerprint density at radius 1 is 1.00 bits per heavy atom. The number of piperazine rings is 1. The number of para-hydroxylation sites is 3. The molecule has 8 heteroatoms. The number of rotatable bonds is 3. The summed E-state index contributed by atoms with van der Waals surface area (Å²) in [5.41, 5.74) is 3.03. The summed E-state index contributed by atoms with van der Waals surface area (Å²) < 4.78 is 1.21. The van der Waals surface area contributed by atoms with Crippen LogP contribution in [0.1, 0.15) is 10.5 Å². The minimum atomic E-state index is -0.0585. The van der Waals surface area contributed by atoms with Crippen molar-refractivity contribution in [1.29, 1.82) is 0 Å². The van der Waals surface area contributed by atoms with Crippen LogP contribution in [0.3, 0.4) is 0 Å². The molecule has 0 atom stereocenters. The molecule has 1 saturated heterocycles. The summed E-state index contributed by atoms with van der Waals surface area (Å²) in [7, 11) is 0. The first-order chi connectivity index (χ1) is 14.2. The Bertz CT molecular complexity index is 1200. The van der Waals surface area contributed by atoms with Gasteiger partial charge in [-0.3, -0.25) is 9.78 Å². The summed E-state index contributed by atoms with van der Waals surface area (Å²) in [6, 6.07) is 13.9. The zero-order valence-electron chi connectivity index (χ0n) is 15.9. The molecular weight excluding hydrogens is 402 g/mol. The summed E-state index contributed by atoms with van der Waals surface area (Å²) in [5, 5.41) is 1.03. The van der Waals surface area contributed by atoms with E-state index in [1.165, 1.54) is 9.60 Å². The van der Waals surface area contributed by atoms with Gasteiger partial charge in [0.25, 0.3) is 5.91 Å². The molecular formula is C21H19N5OS2. The molecule has 4 aromatic rings. The number of hydrogen-bond acceptors (Lipinski definition) is 7. The first kappa shape index (κ1) is 18.3. The lowest BCUT2D eigenvalue weighted by molar-refractivity contribution is 0.0741. The molecule has 1 amide bonds. The van der Waals surface area contributed by atoms with E-state index in [-0.39, 0.29) is 5.91 Å². The van der Waals surface area contributed by atoms with Gasteiger partial charge in [-0.25, -0.2) is 9.97 Å². The van der Waals surface area contributed by atoms with Crippen molar-refractivity contribution < 1.29 is 4.79 Å². The number of thiazole rings is 1. The summed E-state index contributed by atoms with van der Waals surface area (Å²) in [6.45, 7) is 2.83. The van der Waals surface area contributed by atoms with Crippen molar-refractivity contribution >= 4 is 55.4 Å². The Morgan fingerprint density at radius 2 is 1.79 bits per heavy atom. The maximum absolute atomic E-state index is 12.9. The highest BCUT2D eigenvalue weighted by Gasteiger charge is 2.25. The van der Waals surface area contributed by atoms with Crippen LogP contribution in [-0.2, 0) is 0 Å². The lowest BCUT2D eigenvalue weighted by Gasteiger charge is -2.34. The average molecular weight is 422 g/mol. The van der Waals surface area contributed by atoms with Gasteiger partial charge in [-0.2, -0.15) is 0 Å². The molecule has 1 fully saturated rings. The number of thioether (sulfide) groups is 1. The number of carbonyl (C=O) groups is 1. The van der Waals surface area contributed by atoms with E-state index >= 15 is 0 Å². The van der Waals surface area contributed by atoms with Crippen molar-refractivity contribution in [2.45, 2.75) is 4.90 Å². The molecule has 0 radical (unpaired) electrons. The van der Waals surface area contributed by atoms with Crippen LogP contribution >= 0.6 is 23.1 Å². The Morgan fingerprint density at radius 3 is 2.59 bits per heavy atom. The second kappa shape index (κ2) is 7.61. The minimum Gasteiger partial charge on any atom is -0.345 e. The maximum atomic E-state index is 12.9. The van der Waals surface area contributed by atoms with Gasteiger partial charge < -0.3 is 9.80 Å². The van der Waals surface area contributed by atoms with Crippen LogP contribution in [-0.4, -0.2) is 58.2 Å². The molecule has 1 aliphatic rings. The SMILES string of the molecule is CSc1cccc2sc(N3CCN(C(=O)c4cnc5ccccc5n4)CC3)nc12. The molecule has 0 bridgehead atoms. The molecule has 0 unspecified atom stereocenters. The average Bonchev–Trinajstić information content (AvgIpc) is 3.23. The topological polar surface area (TPSA) is 62.2 Å². The van der Waals surface area contributed by atoms with E-state index in [2.05, 4.69) is 39.3 Å². The van der Waals surface area contributed by atoms with E-state index in [0.717, 1.165) is 34.8 Å². The molecule has 2 aromatic carbocycles. The molecule has 0 spiro atoms. The van der Waals surface area contributed by atoms with Crippen molar-refractivity contribution in [2.24, 2.45) is 0 Å². The summed E-state index contributed by atoms with van der Waals surface area (Å²) >= 11 is 3.44. The number of hydrogen-bond donors (Lipinski definition) is 0. The Balaban J connectivity index is 1.31. The number of anilines is 1. The van der Waals surface area contributed by atoms with E-state index in [0.29, 0.717) is 18.8 Å². The van der Waals surface area contributed by atoms with Crippen molar-refractivity contribution in [1.82, 2.24) is 19.9 Å². The van der Waals surface area contributed by atoms with E-state index < -0.39 is 0 Å². The van der Waals surface area contributed by atoms with Crippen LogP contribution in [0.2, 0.25) is 0 Å². The van der Waals surface area contributed by atoms with Gasteiger partial charge in [0.2, 0.25) is 0 Å². The van der Waals surface area contributed by atoms with Gasteiger partial charge in [-0.05, 0) is 30.5 Å². The standard InChI is InChI=1S/C21H19N5OS2/c1-28-17-7-4-8-18-19(17)24-21(29-18)26-11-9-25(10-12-26)20(27)16-13-22-14-5-2-3-6-15(14)23-16/h2-8,13H,9-12H2,1H3. The first-order valence-corrected chi connectivity index (χ1v) is 11.5. The third-order valence-corrected chi connectivity index (χ3v) is 6.95. The van der Waals surface area contributed by atoms with E-state index in [9.17, 15) is 4.79 Å². The highest BCUT2D eigenvalue weighted by atomic mass is 32.2. The van der Waals surface area contributed by atoms with Crippen molar-refractivity contribution in [3.8, 4) is 0 Å². The van der Waals surface area contributed by atoms with Gasteiger partial charge in [0.15, 0.2) is 5.13 Å². The van der Waals surface area contributed by atoms with Gasteiger partial charge in [-0.15, -0.1) is 11.8 Å². The molecule has 3 heterocycles. The van der Waals surface area contributed by atoms with Crippen molar-refractivity contribution in [3.63, 3.8) is 0 Å². The summed E-state index contributed by atoms with van der Waals surface area (Å²) in [5.74, 6) is -0.0585. The number of benzene rings is 2. The number of amides is 1. The van der Waals surface area contributed by atoms with Crippen LogP contribution in [0, 0.1) is 0 Å². The molecule has 0 aliphatic carbocycles. The van der Waals surface area contributed by atoms with Gasteiger partial charge in [0, 0.05) is 31.1 Å².